The van der Waals surface area contributed by atoms with Crippen LogP contribution in [0.15, 0.2) is 23.0 Å². The van der Waals surface area contributed by atoms with Crippen molar-refractivity contribution in [1.29, 1.82) is 0 Å². The number of aromatic amines is 2. The highest BCUT2D eigenvalue weighted by Gasteiger charge is 2.43. The minimum atomic E-state index is -1.18. The maximum atomic E-state index is 11.3. The molecule has 8 heteroatoms. The van der Waals surface area contributed by atoms with Gasteiger partial charge >= 0.3 is 0 Å². The van der Waals surface area contributed by atoms with Gasteiger partial charge in [-0.05, 0) is 12.1 Å². The Morgan fingerprint density at radius 3 is 2.67 bits per heavy atom. The lowest BCUT2D eigenvalue weighted by atomic mass is 10.0. The lowest BCUT2D eigenvalue weighted by Crippen LogP contribution is -2.32. The first kappa shape index (κ1) is 14.4. The summed E-state index contributed by atoms with van der Waals surface area (Å²) in [5.41, 5.74) is 0.712. The van der Waals surface area contributed by atoms with Gasteiger partial charge in [-0.25, -0.2) is 0 Å². The van der Waals surface area contributed by atoms with Crippen LogP contribution in [0.5, 0.6) is 0 Å². The number of aliphatic hydroxyl groups excluding tert-OH is 3. The van der Waals surface area contributed by atoms with E-state index in [4.69, 9.17) is 22.1 Å². The Hall–Kier alpha value is -1.58. The molecule has 4 atom stereocenters. The third-order valence-electron chi connectivity index (χ3n) is 3.61. The van der Waals surface area contributed by atoms with Crippen LogP contribution in [-0.4, -0.2) is 50.2 Å². The van der Waals surface area contributed by atoms with E-state index in [1.54, 1.807) is 12.1 Å². The number of ether oxygens (including phenoxy) is 1. The van der Waals surface area contributed by atoms with E-state index < -0.39 is 31.0 Å². The van der Waals surface area contributed by atoms with Gasteiger partial charge in [0.1, 0.15) is 34.7 Å². The van der Waals surface area contributed by atoms with Gasteiger partial charge in [0, 0.05) is 17.0 Å². The van der Waals surface area contributed by atoms with E-state index in [-0.39, 0.29) is 5.56 Å². The van der Waals surface area contributed by atoms with E-state index in [9.17, 15) is 15.0 Å². The Bertz CT molecular complexity index is 786. The monoisotopic (exact) mass is 310 g/mol. The summed E-state index contributed by atoms with van der Waals surface area (Å²) in [7, 11) is 0. The number of rotatable bonds is 2. The number of nitrogens with one attached hydrogen (secondary N) is 2. The first-order chi connectivity index (χ1) is 10.0. The van der Waals surface area contributed by atoms with E-state index in [0.29, 0.717) is 21.2 Å². The lowest BCUT2D eigenvalue weighted by molar-refractivity contribution is -0.0229. The zero-order valence-corrected chi connectivity index (χ0v) is 11.6. The fourth-order valence-corrected chi connectivity index (χ4v) is 2.77. The molecule has 3 heterocycles. The zero-order chi connectivity index (χ0) is 15.1. The van der Waals surface area contributed by atoms with Crippen molar-refractivity contribution in [3.05, 3.63) is 38.8 Å². The van der Waals surface area contributed by atoms with Gasteiger partial charge in [-0.15, -0.1) is 0 Å². The molecule has 2 aromatic heterocycles. The van der Waals surface area contributed by atoms with Gasteiger partial charge in [0.15, 0.2) is 0 Å². The average Bonchev–Trinajstić information content (AvgIpc) is 2.74. The van der Waals surface area contributed by atoms with Crippen LogP contribution in [0, 0.1) is 4.64 Å². The van der Waals surface area contributed by atoms with Gasteiger partial charge < -0.3 is 30.0 Å². The first-order valence-electron chi connectivity index (χ1n) is 6.40. The van der Waals surface area contributed by atoms with Crippen LogP contribution in [0.4, 0.5) is 0 Å². The molecule has 21 heavy (non-hydrogen) atoms. The van der Waals surface area contributed by atoms with Gasteiger partial charge in [-0.1, -0.05) is 12.2 Å². The highest BCUT2D eigenvalue weighted by molar-refractivity contribution is 7.71. The summed E-state index contributed by atoms with van der Waals surface area (Å²) in [5.74, 6) is 0. The molecule has 112 valence electrons. The number of hydrogen-bond acceptors (Lipinski definition) is 6. The summed E-state index contributed by atoms with van der Waals surface area (Å²) in [5, 5.41) is 29.7. The maximum absolute atomic E-state index is 11.3. The number of aliphatic hydroxyl groups is 3. The first-order valence-corrected chi connectivity index (χ1v) is 6.81. The standard InChI is InChI=1S/C13H14N2O5S/c16-4-7-9(18)10(19)11(20-7)6-3-5-1-2-8(17)14-12(5)15-13(6)21/h1-3,7,9-11,16,18-19H,4H2,(H2,14,15,17,21)/t7-,9+,10?,11+/m1/s1. The molecule has 0 saturated carbocycles. The Balaban J connectivity index is 2.09. The fourth-order valence-electron chi connectivity index (χ4n) is 2.50. The molecule has 0 bridgehead atoms. The van der Waals surface area contributed by atoms with Gasteiger partial charge in [-0.3, -0.25) is 4.79 Å². The fraction of sp³-hybridized carbons (Fsp3) is 0.385. The van der Waals surface area contributed by atoms with Gasteiger partial charge in [0.2, 0.25) is 5.56 Å². The summed E-state index contributed by atoms with van der Waals surface area (Å²) in [6.45, 7) is -0.397. The average molecular weight is 310 g/mol. The molecule has 0 aromatic carbocycles. The van der Waals surface area contributed by atoms with E-state index in [2.05, 4.69) is 9.97 Å². The highest BCUT2D eigenvalue weighted by atomic mass is 32.1. The number of fused-ring (bicyclic) bond motifs is 1. The van der Waals surface area contributed by atoms with Crippen LogP contribution in [-0.2, 0) is 4.74 Å². The highest BCUT2D eigenvalue weighted by Crippen LogP contribution is 2.34. The molecule has 0 radical (unpaired) electrons. The van der Waals surface area contributed by atoms with Gasteiger partial charge in [0.05, 0.1) is 6.61 Å². The van der Waals surface area contributed by atoms with Crippen LogP contribution < -0.4 is 5.56 Å². The summed E-state index contributed by atoms with van der Waals surface area (Å²) < 4.78 is 5.76. The van der Waals surface area contributed by atoms with E-state index >= 15 is 0 Å². The summed E-state index contributed by atoms with van der Waals surface area (Å²) in [6, 6.07) is 4.68. The largest absolute Gasteiger partial charge is 0.394 e. The van der Waals surface area contributed by atoms with E-state index in [1.165, 1.54) is 6.07 Å². The quantitative estimate of drug-likeness (QED) is 0.488. The van der Waals surface area contributed by atoms with Crippen molar-refractivity contribution in [2.75, 3.05) is 6.61 Å². The molecule has 0 aliphatic carbocycles. The molecule has 1 fully saturated rings. The Morgan fingerprint density at radius 1 is 1.24 bits per heavy atom. The Morgan fingerprint density at radius 2 is 2.00 bits per heavy atom. The molecule has 0 amide bonds. The van der Waals surface area contributed by atoms with Crippen LogP contribution in [0.2, 0.25) is 0 Å². The normalized spacial score (nSPS) is 29.1. The number of hydrogen-bond donors (Lipinski definition) is 5. The van der Waals surface area contributed by atoms with Crippen molar-refractivity contribution in [3.8, 4) is 0 Å². The third kappa shape index (κ3) is 2.41. The molecule has 1 saturated heterocycles. The molecule has 1 aliphatic rings. The molecular formula is C13H14N2O5S. The van der Waals surface area contributed by atoms with Crippen molar-refractivity contribution in [2.24, 2.45) is 0 Å². The van der Waals surface area contributed by atoms with Crippen LogP contribution in [0.25, 0.3) is 11.0 Å². The van der Waals surface area contributed by atoms with Crippen LogP contribution in [0.3, 0.4) is 0 Å². The summed E-state index contributed by atoms with van der Waals surface area (Å²) >= 11 is 5.21. The van der Waals surface area contributed by atoms with Crippen LogP contribution >= 0.6 is 12.2 Å². The molecule has 3 rings (SSSR count). The molecule has 2 aromatic rings. The second-order valence-corrected chi connectivity index (χ2v) is 5.37. The van der Waals surface area contributed by atoms with Gasteiger partial charge in [0.25, 0.3) is 0 Å². The molecule has 5 N–H and O–H groups in total. The predicted octanol–water partition coefficient (Wildman–Crippen LogP) is -0.260. The third-order valence-corrected chi connectivity index (χ3v) is 3.95. The lowest BCUT2D eigenvalue weighted by Gasteiger charge is -2.15. The second kappa shape index (κ2) is 5.32. The number of aromatic nitrogens is 2. The zero-order valence-electron chi connectivity index (χ0n) is 10.8. The minimum Gasteiger partial charge on any atom is -0.394 e. The minimum absolute atomic E-state index is 0.256. The van der Waals surface area contributed by atoms with Crippen molar-refractivity contribution < 1.29 is 20.1 Å². The second-order valence-electron chi connectivity index (χ2n) is 4.97. The number of H-pyrrole nitrogens is 2. The Labute approximate surface area is 123 Å². The molecule has 7 nitrogen and oxygen atoms in total. The van der Waals surface area contributed by atoms with Crippen LogP contribution in [0.1, 0.15) is 11.7 Å². The smallest absolute Gasteiger partial charge is 0.249 e. The summed E-state index contributed by atoms with van der Waals surface area (Å²) in [4.78, 5) is 16.8. The van der Waals surface area contributed by atoms with Crippen molar-refractivity contribution in [3.63, 3.8) is 0 Å². The predicted molar refractivity (Wildman–Crippen MR) is 76.5 cm³/mol. The summed E-state index contributed by atoms with van der Waals surface area (Å²) in [6.07, 6.45) is -4.05. The van der Waals surface area contributed by atoms with Gasteiger partial charge in [-0.2, -0.15) is 0 Å². The topological polar surface area (TPSA) is 119 Å². The Kier molecular flexibility index (Phi) is 3.64. The van der Waals surface area contributed by atoms with E-state index in [0.717, 1.165) is 0 Å². The molecule has 1 unspecified atom stereocenters. The maximum Gasteiger partial charge on any atom is 0.249 e. The van der Waals surface area contributed by atoms with Crippen molar-refractivity contribution in [1.82, 2.24) is 9.97 Å². The van der Waals surface area contributed by atoms with Crippen molar-refractivity contribution >= 4 is 23.3 Å². The molecule has 0 spiro atoms. The number of pyridine rings is 2. The van der Waals surface area contributed by atoms with E-state index in [1.807, 2.05) is 0 Å². The van der Waals surface area contributed by atoms with Crippen molar-refractivity contribution in [2.45, 2.75) is 24.4 Å². The molecule has 1 aliphatic heterocycles. The SMILES string of the molecule is O=c1ccc2cc([C@@H]3O[C@H](CO)[C@H](O)C3O)c(=S)[nH]c2[nH]1. The molecular weight excluding hydrogens is 296 g/mol.